The lowest BCUT2D eigenvalue weighted by Crippen LogP contribution is -2.49. The van der Waals surface area contributed by atoms with E-state index in [1.807, 2.05) is 0 Å². The molecule has 0 atom stereocenters. The van der Waals surface area contributed by atoms with Crippen LogP contribution in [-0.4, -0.2) is 22.5 Å². The molecule has 2 N–H and O–H groups in total. The van der Waals surface area contributed by atoms with Gasteiger partial charge < -0.3 is 15.2 Å². The van der Waals surface area contributed by atoms with Crippen LogP contribution < -0.4 is 10.1 Å². The van der Waals surface area contributed by atoms with Gasteiger partial charge in [-0.1, -0.05) is 36.4 Å². The van der Waals surface area contributed by atoms with Crippen molar-refractivity contribution in [3.63, 3.8) is 0 Å². The Balaban J connectivity index is 2.03. The molecule has 0 radical (unpaired) electrons. The lowest BCUT2D eigenvalue weighted by molar-refractivity contribution is -0.143. The highest BCUT2D eigenvalue weighted by Crippen LogP contribution is 2.33. The van der Waals surface area contributed by atoms with E-state index in [2.05, 4.69) is 5.32 Å². The summed E-state index contributed by atoms with van der Waals surface area (Å²) in [7, 11) is 0. The van der Waals surface area contributed by atoms with E-state index >= 15 is 0 Å². The van der Waals surface area contributed by atoms with Gasteiger partial charge in [0.1, 0.15) is 29.5 Å². The molecular formula is C22H19F2NO4. The number of benzene rings is 3. The maximum Gasteiger partial charge on any atom is 0.328 e. The molecule has 3 rings (SSSR count). The standard InChI is InChI=1S/C22H19F2NO4/c1-22(2,21(27)28)25-20(26)17-11-18(24)15-5-3-4-6-16(15)19(17)29-12-13-7-9-14(23)10-8-13/h3-11H,12H2,1-2H3,(H,25,26)(H,27,28). The summed E-state index contributed by atoms with van der Waals surface area (Å²) in [5.74, 6) is -2.92. The molecular weight excluding hydrogens is 380 g/mol. The van der Waals surface area contributed by atoms with Crippen molar-refractivity contribution in [1.82, 2.24) is 5.32 Å². The molecule has 0 aliphatic rings. The van der Waals surface area contributed by atoms with Crippen LogP contribution in [0, 0.1) is 11.6 Å². The van der Waals surface area contributed by atoms with Gasteiger partial charge in [0.25, 0.3) is 5.91 Å². The van der Waals surface area contributed by atoms with Crippen LogP contribution in [0.15, 0.2) is 54.6 Å². The monoisotopic (exact) mass is 399 g/mol. The van der Waals surface area contributed by atoms with Gasteiger partial charge in [-0.05, 0) is 37.6 Å². The fourth-order valence-electron chi connectivity index (χ4n) is 2.77. The molecule has 7 heteroatoms. The van der Waals surface area contributed by atoms with Crippen LogP contribution in [-0.2, 0) is 11.4 Å². The summed E-state index contributed by atoms with van der Waals surface area (Å²) in [4.78, 5) is 24.1. The molecule has 1 amide bonds. The summed E-state index contributed by atoms with van der Waals surface area (Å²) in [5, 5.41) is 12.3. The van der Waals surface area contributed by atoms with Gasteiger partial charge in [0, 0.05) is 10.8 Å². The summed E-state index contributed by atoms with van der Waals surface area (Å²) in [6.07, 6.45) is 0. The number of nitrogens with one attached hydrogen (secondary N) is 1. The number of rotatable bonds is 6. The van der Waals surface area contributed by atoms with E-state index in [-0.39, 0.29) is 23.3 Å². The highest BCUT2D eigenvalue weighted by molar-refractivity contribution is 6.05. The molecule has 3 aromatic rings. The van der Waals surface area contributed by atoms with Crippen molar-refractivity contribution in [1.29, 1.82) is 0 Å². The minimum Gasteiger partial charge on any atom is -0.487 e. The van der Waals surface area contributed by atoms with Crippen LogP contribution in [0.1, 0.15) is 29.8 Å². The van der Waals surface area contributed by atoms with Crippen molar-refractivity contribution in [2.24, 2.45) is 0 Å². The topological polar surface area (TPSA) is 75.6 Å². The highest BCUT2D eigenvalue weighted by Gasteiger charge is 2.31. The van der Waals surface area contributed by atoms with Crippen molar-refractivity contribution in [3.8, 4) is 5.75 Å². The number of aliphatic carboxylic acids is 1. The molecule has 5 nitrogen and oxygen atoms in total. The van der Waals surface area contributed by atoms with Gasteiger partial charge in [0.2, 0.25) is 0 Å². The number of carbonyl (C=O) groups excluding carboxylic acids is 1. The second-order valence-electron chi connectivity index (χ2n) is 7.08. The predicted molar refractivity (Wildman–Crippen MR) is 104 cm³/mol. The number of carboxylic acids is 1. The molecule has 3 aromatic carbocycles. The van der Waals surface area contributed by atoms with Crippen LogP contribution in [0.2, 0.25) is 0 Å². The lowest BCUT2D eigenvalue weighted by atomic mass is 10.0. The summed E-state index contributed by atoms with van der Waals surface area (Å²) in [6.45, 7) is 2.66. The fourth-order valence-corrected chi connectivity index (χ4v) is 2.77. The first-order valence-corrected chi connectivity index (χ1v) is 8.83. The molecule has 0 aliphatic heterocycles. The van der Waals surface area contributed by atoms with Gasteiger partial charge in [-0.2, -0.15) is 0 Å². The Morgan fingerprint density at radius 3 is 2.28 bits per heavy atom. The first-order valence-electron chi connectivity index (χ1n) is 8.83. The SMILES string of the molecule is CC(C)(NC(=O)c1cc(F)c2ccccc2c1OCc1ccc(F)cc1)C(=O)O. The second-order valence-corrected chi connectivity index (χ2v) is 7.08. The molecule has 0 fully saturated rings. The molecule has 29 heavy (non-hydrogen) atoms. The molecule has 0 saturated carbocycles. The third-order valence-electron chi connectivity index (χ3n) is 4.45. The van der Waals surface area contributed by atoms with Crippen molar-refractivity contribution in [3.05, 3.63) is 77.4 Å². The second kappa shape index (κ2) is 7.87. The summed E-state index contributed by atoms with van der Waals surface area (Å²) < 4.78 is 33.5. The molecule has 150 valence electrons. The van der Waals surface area contributed by atoms with Gasteiger partial charge in [0.15, 0.2) is 0 Å². The van der Waals surface area contributed by atoms with E-state index in [0.717, 1.165) is 6.07 Å². The molecule has 0 spiro atoms. The number of ether oxygens (including phenoxy) is 1. The van der Waals surface area contributed by atoms with Crippen molar-refractivity contribution >= 4 is 22.6 Å². The molecule has 0 heterocycles. The van der Waals surface area contributed by atoms with E-state index < -0.39 is 29.0 Å². The highest BCUT2D eigenvalue weighted by atomic mass is 19.1. The Morgan fingerprint density at radius 2 is 1.66 bits per heavy atom. The number of amides is 1. The zero-order chi connectivity index (χ0) is 21.2. The summed E-state index contributed by atoms with van der Waals surface area (Å²) in [6, 6.07) is 13.2. The van der Waals surface area contributed by atoms with Gasteiger partial charge in [-0.15, -0.1) is 0 Å². The normalized spacial score (nSPS) is 11.3. The predicted octanol–water partition coefficient (Wildman–Crippen LogP) is 4.29. The average molecular weight is 399 g/mol. The smallest absolute Gasteiger partial charge is 0.328 e. The maximum atomic E-state index is 14.6. The Labute approximate surface area is 165 Å². The zero-order valence-corrected chi connectivity index (χ0v) is 15.8. The van der Waals surface area contributed by atoms with Crippen molar-refractivity contribution < 1.29 is 28.2 Å². The largest absolute Gasteiger partial charge is 0.487 e. The maximum absolute atomic E-state index is 14.6. The summed E-state index contributed by atoms with van der Waals surface area (Å²) in [5.41, 5.74) is -1.04. The van der Waals surface area contributed by atoms with E-state index in [1.54, 1.807) is 24.3 Å². The Morgan fingerprint density at radius 1 is 1.03 bits per heavy atom. The minimum absolute atomic E-state index is 0.0124. The van der Waals surface area contributed by atoms with Gasteiger partial charge in [-0.25, -0.2) is 13.6 Å². The zero-order valence-electron chi connectivity index (χ0n) is 15.8. The van der Waals surface area contributed by atoms with Gasteiger partial charge in [0.05, 0.1) is 5.56 Å². The number of carbonyl (C=O) groups is 2. The van der Waals surface area contributed by atoms with Gasteiger partial charge in [-0.3, -0.25) is 4.79 Å². The van der Waals surface area contributed by atoms with Crippen molar-refractivity contribution in [2.75, 3.05) is 0 Å². The molecule has 0 aliphatic carbocycles. The molecule has 0 saturated heterocycles. The fraction of sp³-hybridized carbons (Fsp3) is 0.182. The van der Waals surface area contributed by atoms with Crippen LogP contribution >= 0.6 is 0 Å². The molecule has 0 aromatic heterocycles. The Kier molecular flexibility index (Phi) is 5.50. The third-order valence-corrected chi connectivity index (χ3v) is 4.45. The Bertz CT molecular complexity index is 1080. The number of fused-ring (bicyclic) bond motifs is 1. The summed E-state index contributed by atoms with van der Waals surface area (Å²) >= 11 is 0. The number of hydrogen-bond acceptors (Lipinski definition) is 3. The first kappa shape index (κ1) is 20.3. The van der Waals surface area contributed by atoms with Crippen LogP contribution in [0.3, 0.4) is 0 Å². The molecule has 0 unspecified atom stereocenters. The Hall–Kier alpha value is -3.48. The van der Waals surface area contributed by atoms with E-state index in [0.29, 0.717) is 10.9 Å². The van der Waals surface area contributed by atoms with Crippen molar-refractivity contribution in [2.45, 2.75) is 26.0 Å². The number of halogens is 2. The van der Waals surface area contributed by atoms with E-state index in [1.165, 1.54) is 38.1 Å². The molecule has 0 bridgehead atoms. The lowest BCUT2D eigenvalue weighted by Gasteiger charge is -2.22. The third kappa shape index (κ3) is 4.34. The minimum atomic E-state index is -1.56. The quantitative estimate of drug-likeness (QED) is 0.648. The first-order chi connectivity index (χ1) is 13.7. The van der Waals surface area contributed by atoms with Crippen LogP contribution in [0.5, 0.6) is 5.75 Å². The number of carboxylic acid groups (broad SMARTS) is 1. The number of hydrogen-bond donors (Lipinski definition) is 2. The van der Waals surface area contributed by atoms with Crippen LogP contribution in [0.25, 0.3) is 10.8 Å². The van der Waals surface area contributed by atoms with Gasteiger partial charge >= 0.3 is 5.97 Å². The average Bonchev–Trinajstić information content (AvgIpc) is 2.68. The van der Waals surface area contributed by atoms with E-state index in [4.69, 9.17) is 4.74 Å². The van der Waals surface area contributed by atoms with E-state index in [9.17, 15) is 23.5 Å². The van der Waals surface area contributed by atoms with Crippen LogP contribution in [0.4, 0.5) is 8.78 Å².